The van der Waals surface area contributed by atoms with Crippen LogP contribution in [0.1, 0.15) is 47.5 Å². The van der Waals surface area contributed by atoms with Crippen molar-refractivity contribution in [1.29, 1.82) is 0 Å². The highest BCUT2D eigenvalue weighted by molar-refractivity contribution is 6.34. The Kier molecular flexibility index (Phi) is 5.35. The van der Waals surface area contributed by atoms with Crippen LogP contribution in [0, 0.1) is 0 Å². The number of benzene rings is 2. The van der Waals surface area contributed by atoms with E-state index in [9.17, 15) is 19.5 Å². The lowest BCUT2D eigenvalue weighted by Crippen LogP contribution is -2.40. The lowest BCUT2D eigenvalue weighted by Gasteiger charge is -2.38. The number of hydrogen-bond donors (Lipinski definition) is 1. The van der Waals surface area contributed by atoms with Crippen LogP contribution < -0.4 is 9.64 Å². The van der Waals surface area contributed by atoms with E-state index in [2.05, 4.69) is 0 Å². The minimum atomic E-state index is -1.11. The summed E-state index contributed by atoms with van der Waals surface area (Å²) < 4.78 is 5.31. The maximum Gasteiger partial charge on any atom is 0.335 e. The van der Waals surface area contributed by atoms with Gasteiger partial charge < -0.3 is 9.84 Å². The Labute approximate surface area is 178 Å². The van der Waals surface area contributed by atoms with Gasteiger partial charge in [0.15, 0.2) is 5.78 Å². The van der Waals surface area contributed by atoms with Crippen LogP contribution in [-0.4, -0.2) is 29.9 Å². The fraction of sp³-hybridized carbons (Fsp3) is 0.261. The standard InChI is InChI=1S/C23H20ClNO5/c1-30-15-5-2-4-13(10-15)16-12-21(27)25(18-6-3-7-20(26)22(16)18)19-11-14(23(28)29)8-9-17(19)24/h2,4-5,8-11,16H,3,6-7,12H2,1H3,(H,28,29). The van der Waals surface area contributed by atoms with E-state index in [1.54, 1.807) is 7.11 Å². The summed E-state index contributed by atoms with van der Waals surface area (Å²) in [6.07, 6.45) is 1.68. The van der Waals surface area contributed by atoms with Gasteiger partial charge in [-0.15, -0.1) is 0 Å². The number of halogens is 1. The van der Waals surface area contributed by atoms with Crippen LogP contribution >= 0.6 is 11.6 Å². The molecule has 30 heavy (non-hydrogen) atoms. The van der Waals surface area contributed by atoms with E-state index in [1.165, 1.54) is 23.1 Å². The summed E-state index contributed by atoms with van der Waals surface area (Å²) >= 11 is 6.35. The van der Waals surface area contributed by atoms with Crippen molar-refractivity contribution in [3.8, 4) is 5.75 Å². The lowest BCUT2D eigenvalue weighted by molar-refractivity contribution is -0.119. The molecule has 0 bridgehead atoms. The molecule has 6 nitrogen and oxygen atoms in total. The molecule has 2 aromatic carbocycles. The predicted molar refractivity (Wildman–Crippen MR) is 112 cm³/mol. The maximum absolute atomic E-state index is 13.3. The van der Waals surface area contributed by atoms with E-state index in [0.717, 1.165) is 5.56 Å². The third-order valence-electron chi connectivity index (χ3n) is 5.61. The molecule has 1 N–H and O–H groups in total. The monoisotopic (exact) mass is 425 g/mol. The second-order valence-electron chi connectivity index (χ2n) is 7.37. The highest BCUT2D eigenvalue weighted by Gasteiger charge is 2.40. The number of hydrogen-bond acceptors (Lipinski definition) is 4. The van der Waals surface area contributed by atoms with Gasteiger partial charge in [-0.1, -0.05) is 23.7 Å². The van der Waals surface area contributed by atoms with Gasteiger partial charge in [-0.3, -0.25) is 14.5 Å². The van der Waals surface area contributed by atoms with E-state index in [4.69, 9.17) is 16.3 Å². The number of anilines is 1. The first kappa shape index (κ1) is 20.2. The second-order valence-corrected chi connectivity index (χ2v) is 7.78. The molecule has 2 aromatic rings. The molecule has 1 aliphatic carbocycles. The zero-order chi connectivity index (χ0) is 21.4. The highest BCUT2D eigenvalue weighted by atomic mass is 35.5. The van der Waals surface area contributed by atoms with Crippen molar-refractivity contribution in [3.63, 3.8) is 0 Å². The van der Waals surface area contributed by atoms with Gasteiger partial charge in [0, 0.05) is 30.0 Å². The number of rotatable bonds is 4. The molecule has 154 valence electrons. The molecule has 1 amide bonds. The van der Waals surface area contributed by atoms with E-state index in [1.807, 2.05) is 24.3 Å². The number of carbonyl (C=O) groups excluding carboxylic acids is 2. The van der Waals surface area contributed by atoms with Crippen LogP contribution in [-0.2, 0) is 9.59 Å². The van der Waals surface area contributed by atoms with E-state index in [-0.39, 0.29) is 34.6 Å². The molecule has 2 aliphatic rings. The van der Waals surface area contributed by atoms with Crippen LogP contribution in [0.5, 0.6) is 5.75 Å². The van der Waals surface area contributed by atoms with Crippen LogP contribution in [0.3, 0.4) is 0 Å². The Hall–Kier alpha value is -3.12. The fourth-order valence-electron chi connectivity index (χ4n) is 4.23. The number of ketones is 1. The smallest absolute Gasteiger partial charge is 0.335 e. The summed E-state index contributed by atoms with van der Waals surface area (Å²) in [5.41, 5.74) is 2.38. The minimum Gasteiger partial charge on any atom is -0.497 e. The number of allylic oxidation sites excluding steroid dienone is 2. The first-order valence-corrected chi connectivity index (χ1v) is 10.0. The lowest BCUT2D eigenvalue weighted by atomic mass is 9.77. The topological polar surface area (TPSA) is 83.9 Å². The van der Waals surface area contributed by atoms with Crippen LogP contribution in [0.4, 0.5) is 5.69 Å². The summed E-state index contributed by atoms with van der Waals surface area (Å²) in [7, 11) is 1.57. The molecule has 0 aromatic heterocycles. The van der Waals surface area contributed by atoms with Crippen LogP contribution in [0.2, 0.25) is 5.02 Å². The third kappa shape index (κ3) is 3.48. The minimum absolute atomic E-state index is 0.00656. The van der Waals surface area contributed by atoms with Gasteiger partial charge in [0.25, 0.3) is 0 Å². The van der Waals surface area contributed by atoms with Crippen molar-refractivity contribution in [3.05, 3.63) is 69.9 Å². The molecule has 1 unspecified atom stereocenters. The zero-order valence-electron chi connectivity index (χ0n) is 16.4. The van der Waals surface area contributed by atoms with Gasteiger partial charge in [-0.25, -0.2) is 4.79 Å². The van der Waals surface area contributed by atoms with Crippen molar-refractivity contribution < 1.29 is 24.2 Å². The first-order valence-electron chi connectivity index (χ1n) is 9.66. The predicted octanol–water partition coefficient (Wildman–Crippen LogP) is 4.57. The average Bonchev–Trinajstić information content (AvgIpc) is 2.74. The van der Waals surface area contributed by atoms with Crippen LogP contribution in [0.15, 0.2) is 53.7 Å². The van der Waals surface area contributed by atoms with Crippen molar-refractivity contribution in [2.24, 2.45) is 0 Å². The SMILES string of the molecule is COc1cccc(C2CC(=O)N(c3cc(C(=O)O)ccc3Cl)C3=C2C(=O)CCC3)c1. The summed E-state index contributed by atoms with van der Waals surface area (Å²) in [6, 6.07) is 11.6. The number of ether oxygens (including phenoxy) is 1. The number of aromatic carboxylic acids is 1. The molecule has 7 heteroatoms. The Morgan fingerprint density at radius 1 is 1.17 bits per heavy atom. The molecular formula is C23H20ClNO5. The number of Topliss-reactive ketones (excluding diaryl/α,β-unsaturated/α-hetero) is 1. The van der Waals surface area contributed by atoms with Crippen molar-refractivity contribution in [2.75, 3.05) is 12.0 Å². The Balaban J connectivity index is 1.88. The summed E-state index contributed by atoms with van der Waals surface area (Å²) in [5.74, 6) is -1.04. The van der Waals surface area contributed by atoms with Gasteiger partial charge in [-0.05, 0) is 48.7 Å². The number of amides is 1. The third-order valence-corrected chi connectivity index (χ3v) is 5.93. The molecule has 0 saturated carbocycles. The average molecular weight is 426 g/mol. The molecule has 0 saturated heterocycles. The summed E-state index contributed by atoms with van der Waals surface area (Å²) in [5, 5.41) is 9.62. The quantitative estimate of drug-likeness (QED) is 0.775. The highest BCUT2D eigenvalue weighted by Crippen LogP contribution is 2.45. The van der Waals surface area contributed by atoms with Gasteiger partial charge in [-0.2, -0.15) is 0 Å². The largest absolute Gasteiger partial charge is 0.497 e. The fourth-order valence-corrected chi connectivity index (χ4v) is 4.43. The van der Waals surface area contributed by atoms with E-state index < -0.39 is 5.97 Å². The number of nitrogens with zero attached hydrogens (tertiary/aromatic N) is 1. The van der Waals surface area contributed by atoms with Crippen molar-refractivity contribution in [1.82, 2.24) is 0 Å². The second kappa shape index (κ2) is 7.95. The molecule has 0 fully saturated rings. The molecule has 0 radical (unpaired) electrons. The number of methoxy groups -OCH3 is 1. The summed E-state index contributed by atoms with van der Waals surface area (Å²) in [4.78, 5) is 39.1. The van der Waals surface area contributed by atoms with Crippen molar-refractivity contribution in [2.45, 2.75) is 31.6 Å². The molecule has 1 heterocycles. The molecular weight excluding hydrogens is 406 g/mol. The van der Waals surface area contributed by atoms with Crippen LogP contribution in [0.25, 0.3) is 0 Å². The number of carboxylic acids is 1. The van der Waals surface area contributed by atoms with Gasteiger partial charge in [0.2, 0.25) is 5.91 Å². The molecule has 0 spiro atoms. The number of carbonyl (C=O) groups is 3. The van der Waals surface area contributed by atoms with E-state index in [0.29, 0.717) is 42.0 Å². The Bertz CT molecular complexity index is 1090. The zero-order valence-corrected chi connectivity index (χ0v) is 17.1. The Morgan fingerprint density at radius 3 is 2.70 bits per heavy atom. The van der Waals surface area contributed by atoms with Gasteiger partial charge in [0.1, 0.15) is 5.75 Å². The number of carboxylic acid groups (broad SMARTS) is 1. The maximum atomic E-state index is 13.3. The Morgan fingerprint density at radius 2 is 1.97 bits per heavy atom. The molecule has 1 atom stereocenters. The van der Waals surface area contributed by atoms with Gasteiger partial charge >= 0.3 is 5.97 Å². The molecule has 1 aliphatic heterocycles. The normalized spacial score (nSPS) is 19.0. The summed E-state index contributed by atoms with van der Waals surface area (Å²) in [6.45, 7) is 0. The van der Waals surface area contributed by atoms with E-state index >= 15 is 0 Å². The van der Waals surface area contributed by atoms with Gasteiger partial charge in [0.05, 0.1) is 23.4 Å². The molecule has 4 rings (SSSR count). The van der Waals surface area contributed by atoms with Crippen molar-refractivity contribution >= 4 is 34.9 Å². The first-order chi connectivity index (χ1) is 14.4.